The molecule has 2 aliphatic heterocycles. The monoisotopic (exact) mass is 298 g/mol. The smallest absolute Gasteiger partial charge is 0.236 e. The molecule has 0 bridgehead atoms. The number of carbonyl (C=O) groups excluding carboxylic acids is 1. The lowest BCUT2D eigenvalue weighted by molar-refractivity contribution is -0.130. The number of rotatable bonds is 6. The Bertz CT molecular complexity index is 357. The minimum absolute atomic E-state index is 0.170. The lowest BCUT2D eigenvalue weighted by Crippen LogP contribution is -2.40. The predicted molar refractivity (Wildman–Crippen MR) is 84.7 cm³/mol. The molecule has 5 nitrogen and oxygen atoms in total. The SMILES string of the molecule is CN(CCC(N)=S)C(=O)CN1CCC(N2CCCC2)C1. The van der Waals surface area contributed by atoms with Gasteiger partial charge in [0, 0.05) is 39.1 Å². The van der Waals surface area contributed by atoms with Crippen molar-refractivity contribution in [1.29, 1.82) is 0 Å². The van der Waals surface area contributed by atoms with Gasteiger partial charge in [-0.25, -0.2) is 0 Å². The zero-order valence-corrected chi connectivity index (χ0v) is 13.2. The van der Waals surface area contributed by atoms with Crippen molar-refractivity contribution in [1.82, 2.24) is 14.7 Å². The normalized spacial score (nSPS) is 24.1. The molecule has 2 rings (SSSR count). The van der Waals surface area contributed by atoms with Crippen molar-refractivity contribution >= 4 is 23.1 Å². The van der Waals surface area contributed by atoms with Gasteiger partial charge in [-0.1, -0.05) is 12.2 Å². The van der Waals surface area contributed by atoms with E-state index in [0.29, 0.717) is 30.5 Å². The number of likely N-dealkylation sites (tertiary alicyclic amines) is 2. The highest BCUT2D eigenvalue weighted by Crippen LogP contribution is 2.20. The highest BCUT2D eigenvalue weighted by molar-refractivity contribution is 7.80. The highest BCUT2D eigenvalue weighted by Gasteiger charge is 2.30. The van der Waals surface area contributed by atoms with Crippen LogP contribution in [-0.4, -0.2) is 78.0 Å². The zero-order chi connectivity index (χ0) is 14.5. The maximum atomic E-state index is 12.1. The summed E-state index contributed by atoms with van der Waals surface area (Å²) in [4.78, 5) is 19.2. The number of thiocarbonyl (C=S) groups is 1. The fourth-order valence-corrected chi connectivity index (χ4v) is 3.17. The molecule has 0 spiro atoms. The van der Waals surface area contributed by atoms with E-state index in [1.54, 1.807) is 4.90 Å². The first-order valence-electron chi connectivity index (χ1n) is 7.55. The van der Waals surface area contributed by atoms with Crippen molar-refractivity contribution in [3.05, 3.63) is 0 Å². The molecule has 2 aliphatic rings. The van der Waals surface area contributed by atoms with Gasteiger partial charge in [-0.15, -0.1) is 0 Å². The molecule has 0 saturated carbocycles. The van der Waals surface area contributed by atoms with Crippen molar-refractivity contribution in [2.75, 3.05) is 46.3 Å². The summed E-state index contributed by atoms with van der Waals surface area (Å²) in [6.45, 7) is 5.70. The molecule has 2 heterocycles. The lowest BCUT2D eigenvalue weighted by atomic mass is 10.2. The third-order valence-electron chi connectivity index (χ3n) is 4.38. The van der Waals surface area contributed by atoms with Crippen LogP contribution in [0.15, 0.2) is 0 Å². The van der Waals surface area contributed by atoms with E-state index >= 15 is 0 Å². The fourth-order valence-electron chi connectivity index (χ4n) is 3.08. The van der Waals surface area contributed by atoms with E-state index in [0.717, 1.165) is 13.1 Å². The molecular formula is C14H26N4OS. The Balaban J connectivity index is 1.71. The lowest BCUT2D eigenvalue weighted by Gasteiger charge is -2.24. The first-order chi connectivity index (χ1) is 9.56. The predicted octanol–water partition coefficient (Wildman–Crippen LogP) is 0.291. The summed E-state index contributed by atoms with van der Waals surface area (Å²) in [5.74, 6) is 0.170. The van der Waals surface area contributed by atoms with Gasteiger partial charge in [0.2, 0.25) is 5.91 Å². The molecule has 0 radical (unpaired) electrons. The first kappa shape index (κ1) is 15.7. The summed E-state index contributed by atoms with van der Waals surface area (Å²) in [7, 11) is 1.83. The first-order valence-corrected chi connectivity index (χ1v) is 7.96. The average Bonchev–Trinajstić information content (AvgIpc) is 3.05. The van der Waals surface area contributed by atoms with Crippen LogP contribution in [0, 0.1) is 0 Å². The molecule has 2 saturated heterocycles. The largest absolute Gasteiger partial charge is 0.393 e. The molecule has 114 valence electrons. The van der Waals surface area contributed by atoms with Crippen molar-refractivity contribution in [2.45, 2.75) is 31.7 Å². The number of nitrogens with two attached hydrogens (primary N) is 1. The molecule has 6 heteroatoms. The Hall–Kier alpha value is -0.720. The maximum Gasteiger partial charge on any atom is 0.236 e. The number of likely N-dealkylation sites (N-methyl/N-ethyl adjacent to an activating group) is 1. The van der Waals surface area contributed by atoms with E-state index in [2.05, 4.69) is 9.80 Å². The number of amides is 1. The standard InChI is InChI=1S/C14H26N4OS/c1-16(8-5-13(15)20)14(19)11-17-9-4-12(10-17)18-6-2-3-7-18/h12H,2-11H2,1H3,(H2,15,20). The van der Waals surface area contributed by atoms with Gasteiger partial charge in [-0.05, 0) is 32.4 Å². The van der Waals surface area contributed by atoms with Crippen molar-refractivity contribution < 1.29 is 4.79 Å². The van der Waals surface area contributed by atoms with Gasteiger partial charge in [0.05, 0.1) is 11.5 Å². The Labute approximate surface area is 127 Å². The van der Waals surface area contributed by atoms with E-state index in [4.69, 9.17) is 18.0 Å². The number of hydrogen-bond donors (Lipinski definition) is 1. The maximum absolute atomic E-state index is 12.1. The van der Waals surface area contributed by atoms with Gasteiger partial charge in [-0.3, -0.25) is 14.6 Å². The van der Waals surface area contributed by atoms with Crippen LogP contribution >= 0.6 is 12.2 Å². The molecule has 2 N–H and O–H groups in total. The third kappa shape index (κ3) is 4.40. The van der Waals surface area contributed by atoms with Crippen LogP contribution in [0.25, 0.3) is 0 Å². The molecule has 0 aromatic carbocycles. The average molecular weight is 298 g/mol. The van der Waals surface area contributed by atoms with E-state index in [1.807, 2.05) is 7.05 Å². The van der Waals surface area contributed by atoms with Crippen LogP contribution in [0.4, 0.5) is 0 Å². The van der Waals surface area contributed by atoms with Gasteiger partial charge in [0.25, 0.3) is 0 Å². The number of nitrogens with zero attached hydrogens (tertiary/aromatic N) is 3. The fraction of sp³-hybridized carbons (Fsp3) is 0.857. The van der Waals surface area contributed by atoms with E-state index in [9.17, 15) is 4.79 Å². The Morgan fingerprint density at radius 3 is 2.70 bits per heavy atom. The van der Waals surface area contributed by atoms with E-state index in [-0.39, 0.29) is 5.91 Å². The van der Waals surface area contributed by atoms with Gasteiger partial charge < -0.3 is 10.6 Å². The minimum atomic E-state index is 0.170. The molecule has 1 amide bonds. The molecule has 0 aromatic heterocycles. The third-order valence-corrected chi connectivity index (χ3v) is 4.59. The molecule has 0 aromatic rings. The molecular weight excluding hydrogens is 272 g/mol. The number of hydrogen-bond acceptors (Lipinski definition) is 4. The summed E-state index contributed by atoms with van der Waals surface area (Å²) < 4.78 is 0. The summed E-state index contributed by atoms with van der Waals surface area (Å²) >= 11 is 4.84. The second-order valence-electron chi connectivity index (χ2n) is 5.95. The van der Waals surface area contributed by atoms with Crippen molar-refractivity contribution in [2.24, 2.45) is 5.73 Å². The second-order valence-corrected chi connectivity index (χ2v) is 6.48. The Kier molecular flexibility index (Phi) is 5.74. The summed E-state index contributed by atoms with van der Waals surface area (Å²) in [5.41, 5.74) is 5.47. The molecule has 1 atom stereocenters. The number of carbonyl (C=O) groups is 1. The van der Waals surface area contributed by atoms with Gasteiger partial charge in [0.15, 0.2) is 0 Å². The second kappa shape index (κ2) is 7.33. The highest BCUT2D eigenvalue weighted by atomic mass is 32.1. The molecule has 0 aliphatic carbocycles. The van der Waals surface area contributed by atoms with Crippen molar-refractivity contribution in [3.8, 4) is 0 Å². The molecule has 20 heavy (non-hydrogen) atoms. The zero-order valence-electron chi connectivity index (χ0n) is 12.4. The Morgan fingerprint density at radius 2 is 2.05 bits per heavy atom. The van der Waals surface area contributed by atoms with Gasteiger partial charge in [-0.2, -0.15) is 0 Å². The van der Waals surface area contributed by atoms with Crippen LogP contribution in [0.5, 0.6) is 0 Å². The van der Waals surface area contributed by atoms with Crippen LogP contribution in [0.3, 0.4) is 0 Å². The van der Waals surface area contributed by atoms with Crippen LogP contribution < -0.4 is 5.73 Å². The topological polar surface area (TPSA) is 52.8 Å². The quantitative estimate of drug-likeness (QED) is 0.715. The molecule has 2 fully saturated rings. The molecule has 1 unspecified atom stereocenters. The van der Waals surface area contributed by atoms with Crippen LogP contribution in [0.1, 0.15) is 25.7 Å². The Morgan fingerprint density at radius 1 is 1.35 bits per heavy atom. The van der Waals surface area contributed by atoms with Crippen LogP contribution in [-0.2, 0) is 4.79 Å². The summed E-state index contributed by atoms with van der Waals surface area (Å²) in [6.07, 6.45) is 4.46. The van der Waals surface area contributed by atoms with Crippen molar-refractivity contribution in [3.63, 3.8) is 0 Å². The van der Waals surface area contributed by atoms with Crippen LogP contribution in [0.2, 0.25) is 0 Å². The summed E-state index contributed by atoms with van der Waals surface area (Å²) in [6, 6.07) is 0.659. The van der Waals surface area contributed by atoms with E-state index < -0.39 is 0 Å². The van der Waals surface area contributed by atoms with Gasteiger partial charge in [0.1, 0.15) is 0 Å². The summed E-state index contributed by atoms with van der Waals surface area (Å²) in [5, 5.41) is 0. The van der Waals surface area contributed by atoms with E-state index in [1.165, 1.54) is 32.4 Å². The minimum Gasteiger partial charge on any atom is -0.393 e. The van der Waals surface area contributed by atoms with Gasteiger partial charge >= 0.3 is 0 Å².